The normalized spacial score (nSPS) is 11.6. The second-order valence-corrected chi connectivity index (χ2v) is 5.80. The van der Waals surface area contributed by atoms with Gasteiger partial charge in [-0.2, -0.15) is 0 Å². The van der Waals surface area contributed by atoms with Crippen LogP contribution in [0, 0.1) is 0 Å². The molecule has 0 saturated heterocycles. The van der Waals surface area contributed by atoms with Crippen molar-refractivity contribution in [3.8, 4) is 16.9 Å². The number of carbonyl (C=O) groups is 2. The van der Waals surface area contributed by atoms with Crippen LogP contribution in [0.25, 0.3) is 11.1 Å². The van der Waals surface area contributed by atoms with Crippen molar-refractivity contribution >= 4 is 18.2 Å². The summed E-state index contributed by atoms with van der Waals surface area (Å²) in [6.07, 6.45) is 2.55. The molecular weight excluding hydrogens is 348 g/mol. The van der Waals surface area contributed by atoms with Crippen molar-refractivity contribution in [3.05, 3.63) is 59.8 Å². The zero-order valence-corrected chi connectivity index (χ0v) is 14.6. The number of ether oxygens (including phenoxy) is 1. The van der Waals surface area contributed by atoms with Crippen molar-refractivity contribution in [2.24, 2.45) is 7.05 Å². The Hall–Kier alpha value is -3.68. The number of amides is 1. The Labute approximate surface area is 155 Å². The van der Waals surface area contributed by atoms with Gasteiger partial charge in [-0.3, -0.25) is 14.3 Å². The van der Waals surface area contributed by atoms with Crippen LogP contribution in [0.2, 0.25) is 0 Å². The van der Waals surface area contributed by atoms with Gasteiger partial charge in [0.05, 0.1) is 12.8 Å². The summed E-state index contributed by atoms with van der Waals surface area (Å²) in [5.41, 5.74) is 3.89. The Kier molecular flexibility index (Phi) is 5.46. The van der Waals surface area contributed by atoms with Gasteiger partial charge in [0.2, 0.25) is 0 Å². The van der Waals surface area contributed by atoms with E-state index in [2.05, 4.69) is 21.7 Å². The highest BCUT2D eigenvalue weighted by Crippen LogP contribution is 2.34. The van der Waals surface area contributed by atoms with Gasteiger partial charge < -0.3 is 15.2 Å². The summed E-state index contributed by atoms with van der Waals surface area (Å²) in [7, 11) is 1.75. The molecule has 2 heterocycles. The quantitative estimate of drug-likeness (QED) is 0.689. The first-order valence-electron chi connectivity index (χ1n) is 8.23. The van der Waals surface area contributed by atoms with Crippen LogP contribution in [0.3, 0.4) is 0 Å². The first-order valence-corrected chi connectivity index (χ1v) is 8.23. The zero-order valence-electron chi connectivity index (χ0n) is 14.6. The largest absolute Gasteiger partial charge is 0.493 e. The van der Waals surface area contributed by atoms with E-state index in [-0.39, 0.29) is 12.4 Å². The predicted octanol–water partition coefficient (Wildman–Crippen LogP) is 2.37. The lowest BCUT2D eigenvalue weighted by atomic mass is 9.96. The molecule has 0 radical (unpaired) electrons. The van der Waals surface area contributed by atoms with Crippen LogP contribution in [0.4, 0.5) is 5.82 Å². The lowest BCUT2D eigenvalue weighted by Crippen LogP contribution is -2.12. The van der Waals surface area contributed by atoms with Gasteiger partial charge in [-0.25, -0.2) is 0 Å². The van der Waals surface area contributed by atoms with Gasteiger partial charge in [-0.15, -0.1) is 5.10 Å². The standard InChI is InChI=1S/C18H16N4O2.CH2O2/c1-22-11-17(20-21-22)19-18(23)13-5-2-4-12(10-13)14-6-3-7-16-15(14)8-9-24-16;2-1-3/h2-7,10-11H,8-9H2,1H3,(H,19,23);1H,(H,2,3). The minimum Gasteiger partial charge on any atom is -0.493 e. The molecule has 1 aromatic heterocycles. The molecule has 0 unspecified atom stereocenters. The zero-order chi connectivity index (χ0) is 19.2. The highest BCUT2D eigenvalue weighted by atomic mass is 16.5. The van der Waals surface area contributed by atoms with E-state index in [9.17, 15) is 4.79 Å². The van der Waals surface area contributed by atoms with Crippen molar-refractivity contribution < 1.29 is 19.4 Å². The first-order chi connectivity index (χ1) is 13.1. The number of aromatic nitrogens is 3. The molecule has 1 amide bonds. The van der Waals surface area contributed by atoms with Crippen LogP contribution in [0.1, 0.15) is 15.9 Å². The second kappa shape index (κ2) is 8.13. The average molecular weight is 366 g/mol. The summed E-state index contributed by atoms with van der Waals surface area (Å²) in [6.45, 7) is 0.458. The fourth-order valence-corrected chi connectivity index (χ4v) is 2.91. The number of hydrogen-bond donors (Lipinski definition) is 2. The molecule has 2 N–H and O–H groups in total. The molecule has 4 rings (SSSR count). The van der Waals surface area contributed by atoms with E-state index in [1.807, 2.05) is 30.3 Å². The highest BCUT2D eigenvalue weighted by molar-refractivity contribution is 6.04. The van der Waals surface area contributed by atoms with Gasteiger partial charge in [0.15, 0.2) is 5.82 Å². The Morgan fingerprint density at radius 3 is 2.81 bits per heavy atom. The molecule has 0 bridgehead atoms. The molecule has 0 aliphatic carbocycles. The highest BCUT2D eigenvalue weighted by Gasteiger charge is 2.17. The third-order valence-electron chi connectivity index (χ3n) is 4.02. The number of carboxylic acid groups (broad SMARTS) is 1. The maximum Gasteiger partial charge on any atom is 0.290 e. The van der Waals surface area contributed by atoms with Gasteiger partial charge in [0, 0.05) is 24.6 Å². The van der Waals surface area contributed by atoms with Crippen LogP contribution >= 0.6 is 0 Å². The smallest absolute Gasteiger partial charge is 0.290 e. The molecule has 0 saturated carbocycles. The molecule has 1 aliphatic rings. The molecule has 8 nitrogen and oxygen atoms in total. The minimum atomic E-state index is -0.250. The number of nitrogens with one attached hydrogen (secondary N) is 1. The van der Waals surface area contributed by atoms with Crippen LogP contribution in [0.5, 0.6) is 5.75 Å². The van der Waals surface area contributed by atoms with Crippen molar-refractivity contribution in [1.29, 1.82) is 0 Å². The average Bonchev–Trinajstić information content (AvgIpc) is 3.31. The van der Waals surface area contributed by atoms with Crippen LogP contribution in [-0.4, -0.2) is 39.1 Å². The van der Waals surface area contributed by atoms with Gasteiger partial charge in [-0.1, -0.05) is 29.5 Å². The number of carbonyl (C=O) groups excluding carboxylic acids is 1. The summed E-state index contributed by atoms with van der Waals surface area (Å²) in [4.78, 5) is 20.8. The number of anilines is 1. The third-order valence-corrected chi connectivity index (χ3v) is 4.02. The molecule has 27 heavy (non-hydrogen) atoms. The topological polar surface area (TPSA) is 106 Å². The molecule has 0 atom stereocenters. The van der Waals surface area contributed by atoms with Crippen molar-refractivity contribution in [1.82, 2.24) is 15.0 Å². The Morgan fingerprint density at radius 1 is 1.30 bits per heavy atom. The predicted molar refractivity (Wildman–Crippen MR) is 98.7 cm³/mol. The fraction of sp³-hybridized carbons (Fsp3) is 0.158. The SMILES string of the molecule is Cn1cc(NC(=O)c2cccc(-c3cccc4c3CCO4)c2)nn1.O=CO. The number of fused-ring (bicyclic) bond motifs is 1. The summed E-state index contributed by atoms with van der Waals surface area (Å²) in [5, 5.41) is 17.3. The monoisotopic (exact) mass is 366 g/mol. The van der Waals surface area contributed by atoms with E-state index in [4.69, 9.17) is 14.6 Å². The number of benzene rings is 2. The molecule has 1 aliphatic heterocycles. The lowest BCUT2D eigenvalue weighted by molar-refractivity contribution is -0.122. The molecule has 3 aromatic rings. The van der Waals surface area contributed by atoms with E-state index in [0.29, 0.717) is 18.0 Å². The van der Waals surface area contributed by atoms with Gasteiger partial charge in [0.1, 0.15) is 5.75 Å². The van der Waals surface area contributed by atoms with Gasteiger partial charge in [0.25, 0.3) is 12.4 Å². The van der Waals surface area contributed by atoms with Gasteiger partial charge >= 0.3 is 0 Å². The summed E-state index contributed by atoms with van der Waals surface area (Å²) >= 11 is 0. The molecule has 2 aromatic carbocycles. The summed E-state index contributed by atoms with van der Waals surface area (Å²) < 4.78 is 7.16. The Balaban J connectivity index is 0.000000659. The van der Waals surface area contributed by atoms with E-state index in [1.165, 1.54) is 5.56 Å². The maximum absolute atomic E-state index is 12.4. The van der Waals surface area contributed by atoms with E-state index >= 15 is 0 Å². The minimum absolute atomic E-state index is 0.207. The summed E-state index contributed by atoms with van der Waals surface area (Å²) in [6, 6.07) is 13.6. The lowest BCUT2D eigenvalue weighted by Gasteiger charge is -2.09. The molecule has 0 spiro atoms. The van der Waals surface area contributed by atoms with E-state index in [0.717, 1.165) is 23.3 Å². The van der Waals surface area contributed by atoms with Crippen LogP contribution < -0.4 is 10.1 Å². The number of nitrogens with zero attached hydrogens (tertiary/aromatic N) is 3. The number of hydrogen-bond acceptors (Lipinski definition) is 5. The van der Waals surface area contributed by atoms with E-state index in [1.54, 1.807) is 24.0 Å². The third kappa shape index (κ3) is 4.12. The van der Waals surface area contributed by atoms with Crippen molar-refractivity contribution in [2.75, 3.05) is 11.9 Å². The summed E-state index contributed by atoms with van der Waals surface area (Å²) in [5.74, 6) is 1.16. The molecular formula is C19H18N4O4. The van der Waals surface area contributed by atoms with Crippen LogP contribution in [0.15, 0.2) is 48.7 Å². The maximum atomic E-state index is 12.4. The fourth-order valence-electron chi connectivity index (χ4n) is 2.91. The molecule has 8 heteroatoms. The Morgan fingerprint density at radius 2 is 2.07 bits per heavy atom. The van der Waals surface area contributed by atoms with E-state index < -0.39 is 0 Å². The second-order valence-electron chi connectivity index (χ2n) is 5.80. The van der Waals surface area contributed by atoms with Crippen LogP contribution in [-0.2, 0) is 18.3 Å². The van der Waals surface area contributed by atoms with Gasteiger partial charge in [-0.05, 0) is 29.3 Å². The van der Waals surface area contributed by atoms with Crippen molar-refractivity contribution in [2.45, 2.75) is 6.42 Å². The first kappa shape index (κ1) is 18.1. The molecule has 138 valence electrons. The Bertz CT molecular complexity index is 968. The number of aryl methyl sites for hydroxylation is 1. The molecule has 0 fully saturated rings. The number of rotatable bonds is 3. The van der Waals surface area contributed by atoms with Crippen molar-refractivity contribution in [3.63, 3.8) is 0 Å².